The molecule has 1 unspecified atom stereocenters. The Kier molecular flexibility index (Phi) is 4.50. The van der Waals surface area contributed by atoms with Crippen LogP contribution in [0.1, 0.15) is 16.8 Å². The lowest BCUT2D eigenvalue weighted by Crippen LogP contribution is -2.15. The molecule has 0 aliphatic carbocycles. The molecule has 1 heterocycles. The lowest BCUT2D eigenvalue weighted by atomic mass is 10.00. The number of pyridine rings is 1. The SMILES string of the molecule is Cc1ccccc1CC(O)Cc1ccc(Br)cn1. The number of aliphatic hydroxyl groups excluding tert-OH is 1. The van der Waals surface area contributed by atoms with Crippen LogP contribution in [0.4, 0.5) is 0 Å². The van der Waals surface area contributed by atoms with Gasteiger partial charge in [0.1, 0.15) is 0 Å². The molecule has 0 spiro atoms. The van der Waals surface area contributed by atoms with Crippen LogP contribution in [0.25, 0.3) is 0 Å². The van der Waals surface area contributed by atoms with Crippen molar-refractivity contribution in [2.45, 2.75) is 25.9 Å². The molecule has 0 radical (unpaired) electrons. The van der Waals surface area contributed by atoms with Crippen LogP contribution in [0.5, 0.6) is 0 Å². The number of aryl methyl sites for hydroxylation is 1. The summed E-state index contributed by atoms with van der Waals surface area (Å²) in [6.45, 7) is 2.07. The van der Waals surface area contributed by atoms with Crippen molar-refractivity contribution in [1.29, 1.82) is 0 Å². The summed E-state index contributed by atoms with van der Waals surface area (Å²) < 4.78 is 0.958. The molecule has 2 rings (SSSR count). The van der Waals surface area contributed by atoms with Gasteiger partial charge in [-0.2, -0.15) is 0 Å². The van der Waals surface area contributed by atoms with Gasteiger partial charge in [0.25, 0.3) is 0 Å². The Hall–Kier alpha value is -1.19. The van der Waals surface area contributed by atoms with Crippen LogP contribution in [0.3, 0.4) is 0 Å². The Morgan fingerprint density at radius 1 is 1.17 bits per heavy atom. The minimum atomic E-state index is -0.389. The highest BCUT2D eigenvalue weighted by atomic mass is 79.9. The van der Waals surface area contributed by atoms with Crippen LogP contribution in [-0.2, 0) is 12.8 Å². The summed E-state index contributed by atoms with van der Waals surface area (Å²) in [5, 5.41) is 10.1. The zero-order chi connectivity index (χ0) is 13.0. The van der Waals surface area contributed by atoms with E-state index in [1.807, 2.05) is 24.3 Å². The molecule has 18 heavy (non-hydrogen) atoms. The molecule has 0 aliphatic rings. The first-order chi connectivity index (χ1) is 8.65. The van der Waals surface area contributed by atoms with Crippen LogP contribution >= 0.6 is 15.9 Å². The van der Waals surface area contributed by atoms with Crippen molar-refractivity contribution < 1.29 is 5.11 Å². The number of aliphatic hydroxyl groups is 1. The zero-order valence-corrected chi connectivity index (χ0v) is 11.9. The van der Waals surface area contributed by atoms with Gasteiger partial charge < -0.3 is 5.11 Å². The molecular formula is C15H16BrNO. The summed E-state index contributed by atoms with van der Waals surface area (Å²) in [6.07, 6.45) is 2.63. The highest BCUT2D eigenvalue weighted by molar-refractivity contribution is 9.10. The highest BCUT2D eigenvalue weighted by Crippen LogP contribution is 2.13. The molecule has 1 N–H and O–H groups in total. The zero-order valence-electron chi connectivity index (χ0n) is 10.3. The van der Waals surface area contributed by atoms with E-state index in [9.17, 15) is 5.11 Å². The molecule has 1 aromatic heterocycles. The van der Waals surface area contributed by atoms with E-state index in [0.717, 1.165) is 10.2 Å². The van der Waals surface area contributed by atoms with E-state index in [2.05, 4.69) is 40.0 Å². The highest BCUT2D eigenvalue weighted by Gasteiger charge is 2.09. The van der Waals surface area contributed by atoms with Gasteiger partial charge >= 0.3 is 0 Å². The Balaban J connectivity index is 1.99. The van der Waals surface area contributed by atoms with Gasteiger partial charge in [0.2, 0.25) is 0 Å². The standard InChI is InChI=1S/C15H16BrNO/c1-11-4-2-3-5-12(11)8-15(18)9-14-7-6-13(16)10-17-14/h2-7,10,15,18H,8-9H2,1H3. The molecule has 0 amide bonds. The van der Waals surface area contributed by atoms with E-state index >= 15 is 0 Å². The van der Waals surface area contributed by atoms with Crippen LogP contribution in [0.2, 0.25) is 0 Å². The van der Waals surface area contributed by atoms with Gasteiger partial charge in [-0.3, -0.25) is 4.98 Å². The first kappa shape index (κ1) is 13.2. The molecule has 1 atom stereocenters. The summed E-state index contributed by atoms with van der Waals surface area (Å²) in [5.41, 5.74) is 3.33. The third-order valence-corrected chi connectivity index (χ3v) is 3.42. The van der Waals surface area contributed by atoms with E-state index in [1.54, 1.807) is 6.20 Å². The normalized spacial score (nSPS) is 12.4. The van der Waals surface area contributed by atoms with Crippen LogP contribution in [0.15, 0.2) is 47.1 Å². The first-order valence-electron chi connectivity index (χ1n) is 5.98. The van der Waals surface area contributed by atoms with Gasteiger partial charge in [-0.05, 0) is 52.5 Å². The smallest absolute Gasteiger partial charge is 0.0636 e. The molecule has 1 aromatic carbocycles. The molecule has 2 nitrogen and oxygen atoms in total. The molecule has 0 bridgehead atoms. The van der Waals surface area contributed by atoms with Gasteiger partial charge in [0.15, 0.2) is 0 Å². The summed E-state index contributed by atoms with van der Waals surface area (Å²) in [5.74, 6) is 0. The monoisotopic (exact) mass is 305 g/mol. The molecule has 0 fully saturated rings. The predicted molar refractivity (Wildman–Crippen MR) is 76.5 cm³/mol. The number of benzene rings is 1. The summed E-state index contributed by atoms with van der Waals surface area (Å²) in [7, 11) is 0. The Bertz CT molecular complexity index is 510. The van der Waals surface area contributed by atoms with Crippen molar-refractivity contribution in [1.82, 2.24) is 4.98 Å². The third-order valence-electron chi connectivity index (χ3n) is 2.95. The second-order valence-electron chi connectivity index (χ2n) is 4.46. The van der Waals surface area contributed by atoms with Crippen molar-refractivity contribution in [3.8, 4) is 0 Å². The topological polar surface area (TPSA) is 33.1 Å². The van der Waals surface area contributed by atoms with Crippen LogP contribution in [-0.4, -0.2) is 16.2 Å². The Morgan fingerprint density at radius 3 is 2.61 bits per heavy atom. The fourth-order valence-corrected chi connectivity index (χ4v) is 2.17. The van der Waals surface area contributed by atoms with E-state index in [4.69, 9.17) is 0 Å². The minimum Gasteiger partial charge on any atom is -0.392 e. The van der Waals surface area contributed by atoms with Gasteiger partial charge in [-0.25, -0.2) is 0 Å². The minimum absolute atomic E-state index is 0.389. The maximum atomic E-state index is 10.1. The van der Waals surface area contributed by atoms with Gasteiger partial charge in [-0.15, -0.1) is 0 Å². The molecule has 94 valence electrons. The number of rotatable bonds is 4. The number of halogens is 1. The van der Waals surface area contributed by atoms with Crippen molar-refractivity contribution in [2.24, 2.45) is 0 Å². The lowest BCUT2D eigenvalue weighted by molar-refractivity contribution is 0.174. The summed E-state index contributed by atoms with van der Waals surface area (Å²) in [6, 6.07) is 12.0. The molecule has 2 aromatic rings. The fraction of sp³-hybridized carbons (Fsp3) is 0.267. The van der Waals surface area contributed by atoms with Gasteiger partial charge in [-0.1, -0.05) is 24.3 Å². The second-order valence-corrected chi connectivity index (χ2v) is 5.37. The first-order valence-corrected chi connectivity index (χ1v) is 6.77. The number of nitrogens with zero attached hydrogens (tertiary/aromatic N) is 1. The predicted octanol–water partition coefficient (Wildman–Crippen LogP) is 3.30. The van der Waals surface area contributed by atoms with Crippen molar-refractivity contribution in [2.75, 3.05) is 0 Å². The van der Waals surface area contributed by atoms with E-state index < -0.39 is 0 Å². The molecule has 3 heteroatoms. The van der Waals surface area contributed by atoms with Crippen molar-refractivity contribution in [3.63, 3.8) is 0 Å². The molecule has 0 saturated carbocycles. The van der Waals surface area contributed by atoms with E-state index in [1.165, 1.54) is 11.1 Å². The Labute approximate surface area is 116 Å². The quantitative estimate of drug-likeness (QED) is 0.940. The summed E-state index contributed by atoms with van der Waals surface area (Å²) >= 11 is 3.35. The molecular weight excluding hydrogens is 290 g/mol. The van der Waals surface area contributed by atoms with Crippen molar-refractivity contribution in [3.05, 3.63) is 63.9 Å². The third kappa shape index (κ3) is 3.65. The average Bonchev–Trinajstić information content (AvgIpc) is 2.35. The van der Waals surface area contributed by atoms with Gasteiger partial charge in [0, 0.05) is 22.8 Å². The molecule has 0 aliphatic heterocycles. The van der Waals surface area contributed by atoms with Gasteiger partial charge in [0.05, 0.1) is 6.10 Å². The number of hydrogen-bond acceptors (Lipinski definition) is 2. The van der Waals surface area contributed by atoms with E-state index in [-0.39, 0.29) is 6.10 Å². The van der Waals surface area contributed by atoms with Crippen LogP contribution in [0, 0.1) is 6.92 Å². The van der Waals surface area contributed by atoms with Crippen LogP contribution < -0.4 is 0 Å². The lowest BCUT2D eigenvalue weighted by Gasteiger charge is -2.12. The van der Waals surface area contributed by atoms with Crippen molar-refractivity contribution >= 4 is 15.9 Å². The Morgan fingerprint density at radius 2 is 1.94 bits per heavy atom. The second kappa shape index (κ2) is 6.12. The maximum absolute atomic E-state index is 10.1. The number of hydrogen-bond donors (Lipinski definition) is 1. The fourth-order valence-electron chi connectivity index (χ4n) is 1.93. The average molecular weight is 306 g/mol. The summed E-state index contributed by atoms with van der Waals surface area (Å²) in [4.78, 5) is 4.28. The number of aromatic nitrogens is 1. The maximum Gasteiger partial charge on any atom is 0.0636 e. The van der Waals surface area contributed by atoms with E-state index in [0.29, 0.717) is 12.8 Å². The largest absolute Gasteiger partial charge is 0.392 e. The molecule has 0 saturated heterocycles.